The zero-order chi connectivity index (χ0) is 11.3. The molecular formula is C15H22O. The quantitative estimate of drug-likeness (QED) is 0.706. The molecule has 2 fully saturated rings. The third kappa shape index (κ3) is 1.48. The van der Waals surface area contributed by atoms with Crippen LogP contribution in [0.4, 0.5) is 0 Å². The lowest BCUT2D eigenvalue weighted by atomic mass is 9.78. The van der Waals surface area contributed by atoms with Crippen molar-refractivity contribution in [1.29, 1.82) is 0 Å². The maximum Gasteiger partial charge on any atom is 0.0572 e. The van der Waals surface area contributed by atoms with Gasteiger partial charge in [-0.15, -0.1) is 0 Å². The Kier molecular flexibility index (Phi) is 2.47. The fourth-order valence-electron chi connectivity index (χ4n) is 4.05. The summed E-state index contributed by atoms with van der Waals surface area (Å²) < 4.78 is 0. The first-order valence-electron chi connectivity index (χ1n) is 6.72. The first-order chi connectivity index (χ1) is 7.66. The van der Waals surface area contributed by atoms with Gasteiger partial charge < -0.3 is 5.11 Å². The van der Waals surface area contributed by atoms with Crippen molar-refractivity contribution in [3.05, 3.63) is 23.8 Å². The highest BCUT2D eigenvalue weighted by molar-refractivity contribution is 5.27. The molecule has 1 heteroatoms. The van der Waals surface area contributed by atoms with Crippen molar-refractivity contribution >= 4 is 0 Å². The molecule has 2 unspecified atom stereocenters. The lowest BCUT2D eigenvalue weighted by molar-refractivity contribution is 0.156. The molecule has 1 nitrogen and oxygen atoms in total. The average Bonchev–Trinajstić information content (AvgIpc) is 2.87. The summed E-state index contributed by atoms with van der Waals surface area (Å²) in [6.07, 6.45) is 11.0. The number of allylic oxidation sites excluding steroid dienone is 3. The highest BCUT2D eigenvalue weighted by Gasteiger charge is 2.49. The van der Waals surface area contributed by atoms with Gasteiger partial charge in [0.1, 0.15) is 0 Å². The van der Waals surface area contributed by atoms with Crippen LogP contribution in [0.5, 0.6) is 0 Å². The van der Waals surface area contributed by atoms with Gasteiger partial charge in [-0.25, -0.2) is 0 Å². The van der Waals surface area contributed by atoms with E-state index in [2.05, 4.69) is 25.2 Å². The monoisotopic (exact) mass is 218 g/mol. The van der Waals surface area contributed by atoms with E-state index in [0.29, 0.717) is 5.92 Å². The number of aliphatic hydroxyl groups is 1. The predicted molar refractivity (Wildman–Crippen MR) is 65.9 cm³/mol. The summed E-state index contributed by atoms with van der Waals surface area (Å²) in [7, 11) is 0. The Morgan fingerprint density at radius 2 is 2.25 bits per heavy atom. The van der Waals surface area contributed by atoms with Crippen LogP contribution in [0.2, 0.25) is 0 Å². The minimum atomic E-state index is -0.207. The number of rotatable bonds is 2. The lowest BCUT2D eigenvalue weighted by Gasteiger charge is -2.27. The molecule has 88 valence electrons. The molecular weight excluding hydrogens is 196 g/mol. The molecule has 0 spiro atoms. The minimum absolute atomic E-state index is 0.207. The van der Waals surface area contributed by atoms with Crippen molar-refractivity contribution in [3.63, 3.8) is 0 Å². The van der Waals surface area contributed by atoms with Gasteiger partial charge in [-0.05, 0) is 55.8 Å². The SMILES string of the molecule is C[C@H](C=C1CC2CC1[C@H]1C=CC[C@@H]21)[C@@H](C)O. The molecule has 0 saturated heterocycles. The normalized spacial score (nSPS) is 46.3. The Bertz CT molecular complexity index is 339. The first kappa shape index (κ1) is 10.6. The number of hydrogen-bond donors (Lipinski definition) is 1. The number of hydrogen-bond acceptors (Lipinski definition) is 1. The molecule has 3 aliphatic carbocycles. The van der Waals surface area contributed by atoms with E-state index in [1.54, 1.807) is 5.57 Å². The minimum Gasteiger partial charge on any atom is -0.393 e. The van der Waals surface area contributed by atoms with Crippen LogP contribution in [0.3, 0.4) is 0 Å². The van der Waals surface area contributed by atoms with E-state index in [0.717, 1.165) is 23.7 Å². The standard InChI is InChI=1S/C15H22O/c1-9(10(2)16)6-11-7-12-8-15(11)14-5-3-4-13(12)14/h3,5-6,9-10,12-16H,4,7-8H2,1-2H3/t9-,10-,12?,13+,14+,15?/m1/s1. The van der Waals surface area contributed by atoms with Crippen molar-refractivity contribution in [2.45, 2.75) is 39.2 Å². The topological polar surface area (TPSA) is 20.2 Å². The highest BCUT2D eigenvalue weighted by Crippen LogP contribution is 2.58. The second-order valence-corrected chi connectivity index (χ2v) is 6.05. The summed E-state index contributed by atoms with van der Waals surface area (Å²) in [5.41, 5.74) is 1.64. The Labute approximate surface area is 98.2 Å². The highest BCUT2D eigenvalue weighted by atomic mass is 16.3. The van der Waals surface area contributed by atoms with E-state index >= 15 is 0 Å². The van der Waals surface area contributed by atoms with Gasteiger partial charge in [0.25, 0.3) is 0 Å². The molecule has 2 saturated carbocycles. The summed E-state index contributed by atoms with van der Waals surface area (Å²) in [5, 5.41) is 9.58. The first-order valence-corrected chi connectivity index (χ1v) is 6.72. The zero-order valence-corrected chi connectivity index (χ0v) is 10.3. The Hall–Kier alpha value is -0.560. The summed E-state index contributed by atoms with van der Waals surface area (Å²) >= 11 is 0. The lowest BCUT2D eigenvalue weighted by Crippen LogP contribution is -2.20. The van der Waals surface area contributed by atoms with Crippen LogP contribution in [-0.4, -0.2) is 11.2 Å². The molecule has 2 bridgehead atoms. The van der Waals surface area contributed by atoms with Crippen LogP contribution in [0, 0.1) is 29.6 Å². The summed E-state index contributed by atoms with van der Waals surface area (Å²) in [6, 6.07) is 0. The summed E-state index contributed by atoms with van der Waals surface area (Å²) in [4.78, 5) is 0. The van der Waals surface area contributed by atoms with Gasteiger partial charge in [-0.2, -0.15) is 0 Å². The van der Waals surface area contributed by atoms with E-state index in [9.17, 15) is 5.11 Å². The van der Waals surface area contributed by atoms with Gasteiger partial charge in [0, 0.05) is 0 Å². The third-order valence-corrected chi connectivity index (χ3v) is 5.10. The predicted octanol–water partition coefficient (Wildman–Crippen LogP) is 3.16. The molecule has 6 atom stereocenters. The fourth-order valence-corrected chi connectivity index (χ4v) is 4.05. The summed E-state index contributed by atoms with van der Waals surface area (Å²) in [5.74, 6) is 3.88. The molecule has 0 aromatic carbocycles. The van der Waals surface area contributed by atoms with Crippen LogP contribution < -0.4 is 0 Å². The smallest absolute Gasteiger partial charge is 0.0572 e. The van der Waals surface area contributed by atoms with Gasteiger partial charge in [0.15, 0.2) is 0 Å². The third-order valence-electron chi connectivity index (χ3n) is 5.10. The van der Waals surface area contributed by atoms with Crippen molar-refractivity contribution in [2.24, 2.45) is 29.6 Å². The largest absolute Gasteiger partial charge is 0.393 e. The second-order valence-electron chi connectivity index (χ2n) is 6.05. The van der Waals surface area contributed by atoms with Crippen LogP contribution in [-0.2, 0) is 0 Å². The van der Waals surface area contributed by atoms with Crippen LogP contribution in [0.25, 0.3) is 0 Å². The molecule has 1 N–H and O–H groups in total. The van der Waals surface area contributed by atoms with Gasteiger partial charge in [0.05, 0.1) is 6.10 Å². The number of aliphatic hydroxyl groups excluding tert-OH is 1. The van der Waals surface area contributed by atoms with Crippen molar-refractivity contribution in [3.8, 4) is 0 Å². The second kappa shape index (κ2) is 3.73. The van der Waals surface area contributed by atoms with Crippen LogP contribution in [0.15, 0.2) is 23.8 Å². The van der Waals surface area contributed by atoms with E-state index < -0.39 is 0 Å². The van der Waals surface area contributed by atoms with E-state index in [1.807, 2.05) is 6.92 Å². The molecule has 0 aromatic heterocycles. The van der Waals surface area contributed by atoms with E-state index in [-0.39, 0.29) is 6.10 Å². The number of fused-ring (bicyclic) bond motifs is 5. The average molecular weight is 218 g/mol. The Morgan fingerprint density at radius 3 is 3.00 bits per heavy atom. The van der Waals surface area contributed by atoms with E-state index in [4.69, 9.17) is 0 Å². The van der Waals surface area contributed by atoms with Crippen LogP contribution in [0.1, 0.15) is 33.1 Å². The van der Waals surface area contributed by atoms with Crippen molar-refractivity contribution < 1.29 is 5.11 Å². The summed E-state index contributed by atoms with van der Waals surface area (Å²) in [6.45, 7) is 4.03. The maximum absolute atomic E-state index is 9.58. The Balaban J connectivity index is 1.79. The maximum atomic E-state index is 9.58. The molecule has 0 radical (unpaired) electrons. The molecule has 3 rings (SSSR count). The Morgan fingerprint density at radius 1 is 1.44 bits per heavy atom. The van der Waals surface area contributed by atoms with Crippen molar-refractivity contribution in [1.82, 2.24) is 0 Å². The van der Waals surface area contributed by atoms with Gasteiger partial charge in [-0.3, -0.25) is 0 Å². The molecule has 0 aliphatic heterocycles. The molecule has 16 heavy (non-hydrogen) atoms. The van der Waals surface area contributed by atoms with Gasteiger partial charge in [0.2, 0.25) is 0 Å². The molecule has 0 aromatic rings. The van der Waals surface area contributed by atoms with E-state index in [1.165, 1.54) is 19.3 Å². The molecule has 0 amide bonds. The molecule has 3 aliphatic rings. The van der Waals surface area contributed by atoms with Crippen molar-refractivity contribution in [2.75, 3.05) is 0 Å². The van der Waals surface area contributed by atoms with Gasteiger partial charge in [-0.1, -0.05) is 30.7 Å². The fraction of sp³-hybridized carbons (Fsp3) is 0.733. The molecule has 0 heterocycles. The van der Waals surface area contributed by atoms with Crippen LogP contribution >= 0.6 is 0 Å². The zero-order valence-electron chi connectivity index (χ0n) is 10.3. The van der Waals surface area contributed by atoms with Gasteiger partial charge >= 0.3 is 0 Å².